The Hall–Kier alpha value is -3.07. The van der Waals surface area contributed by atoms with Gasteiger partial charge in [-0.1, -0.05) is 19.1 Å². The van der Waals surface area contributed by atoms with E-state index in [0.29, 0.717) is 16.9 Å². The predicted octanol–water partition coefficient (Wildman–Crippen LogP) is 3.04. The molecule has 0 bridgehead atoms. The fourth-order valence-electron chi connectivity index (χ4n) is 2.75. The van der Waals surface area contributed by atoms with Crippen molar-refractivity contribution in [3.8, 4) is 11.5 Å². The largest absolute Gasteiger partial charge is 0.458 e. The molecule has 1 amide bonds. The molecule has 8 nitrogen and oxygen atoms in total. The van der Waals surface area contributed by atoms with E-state index < -0.39 is 10.0 Å². The van der Waals surface area contributed by atoms with Crippen molar-refractivity contribution in [1.82, 2.24) is 15.1 Å². The molecule has 0 aliphatic rings. The third kappa shape index (κ3) is 3.79. The minimum absolute atomic E-state index is 0.0000740. The van der Waals surface area contributed by atoms with Crippen molar-refractivity contribution >= 4 is 21.6 Å². The molecule has 0 radical (unpaired) electrons. The molecular weight excluding hydrogens is 380 g/mol. The van der Waals surface area contributed by atoms with E-state index >= 15 is 0 Å². The fourth-order valence-corrected chi connectivity index (χ4v) is 3.99. The number of amides is 1. The molecule has 1 aromatic carbocycles. The number of rotatable bonds is 6. The van der Waals surface area contributed by atoms with Gasteiger partial charge in [-0.3, -0.25) is 14.6 Å². The number of benzene rings is 1. The highest BCUT2D eigenvalue weighted by atomic mass is 32.2. The second-order valence-corrected chi connectivity index (χ2v) is 8.20. The standard InChI is InChI=1S/C19H22N4O4S/c1-5-13-6-8-14(9-7-13)22-28(25,26)17-10-16(27-12(17)2)18-15(11-20-21-18)19(24)23(3)4/h6-11,22H,5H2,1-4H3,(H,20,21). The fraction of sp³-hybridized carbons (Fsp3) is 0.263. The minimum Gasteiger partial charge on any atom is -0.458 e. The normalized spacial score (nSPS) is 11.4. The summed E-state index contributed by atoms with van der Waals surface area (Å²) in [5, 5.41) is 6.60. The van der Waals surface area contributed by atoms with Gasteiger partial charge in [-0.15, -0.1) is 0 Å². The summed E-state index contributed by atoms with van der Waals surface area (Å²) in [5.74, 6) is 0.170. The van der Waals surface area contributed by atoms with Gasteiger partial charge in [0.05, 0.1) is 11.8 Å². The van der Waals surface area contributed by atoms with Crippen LogP contribution in [0.3, 0.4) is 0 Å². The Morgan fingerprint density at radius 2 is 1.93 bits per heavy atom. The monoisotopic (exact) mass is 402 g/mol. The van der Waals surface area contributed by atoms with E-state index in [1.165, 1.54) is 17.2 Å². The Morgan fingerprint density at radius 1 is 1.25 bits per heavy atom. The van der Waals surface area contributed by atoms with Crippen LogP contribution in [0.15, 0.2) is 45.8 Å². The van der Waals surface area contributed by atoms with Gasteiger partial charge in [-0.05, 0) is 31.0 Å². The average Bonchev–Trinajstić information content (AvgIpc) is 3.28. The molecule has 3 aromatic rings. The molecule has 0 saturated heterocycles. The summed E-state index contributed by atoms with van der Waals surface area (Å²) in [5.41, 5.74) is 2.20. The minimum atomic E-state index is -3.86. The smallest absolute Gasteiger partial charge is 0.265 e. The van der Waals surface area contributed by atoms with Gasteiger partial charge in [0.15, 0.2) is 5.76 Å². The highest BCUT2D eigenvalue weighted by Gasteiger charge is 2.25. The molecule has 0 saturated carbocycles. The molecule has 0 aliphatic carbocycles. The van der Waals surface area contributed by atoms with Gasteiger partial charge in [0.2, 0.25) is 0 Å². The van der Waals surface area contributed by atoms with Gasteiger partial charge in [-0.25, -0.2) is 8.42 Å². The molecule has 0 aliphatic heterocycles. The molecule has 0 unspecified atom stereocenters. The van der Waals surface area contributed by atoms with Gasteiger partial charge in [0.25, 0.3) is 15.9 Å². The van der Waals surface area contributed by atoms with E-state index in [9.17, 15) is 13.2 Å². The number of anilines is 1. The second-order valence-electron chi connectivity index (χ2n) is 6.55. The Kier molecular flexibility index (Phi) is 5.28. The Balaban J connectivity index is 1.93. The summed E-state index contributed by atoms with van der Waals surface area (Å²) in [7, 11) is -0.614. The maximum atomic E-state index is 12.8. The van der Waals surface area contributed by atoms with Crippen molar-refractivity contribution in [3.63, 3.8) is 0 Å². The summed E-state index contributed by atoms with van der Waals surface area (Å²) < 4.78 is 33.8. The Labute approximate surface area is 163 Å². The maximum Gasteiger partial charge on any atom is 0.265 e. The Morgan fingerprint density at radius 3 is 2.54 bits per heavy atom. The number of nitrogens with one attached hydrogen (secondary N) is 2. The van der Waals surface area contributed by atoms with E-state index in [0.717, 1.165) is 12.0 Å². The number of aryl methyl sites for hydroxylation is 2. The number of carbonyl (C=O) groups is 1. The summed E-state index contributed by atoms with van der Waals surface area (Å²) in [6.45, 7) is 3.59. The molecule has 0 fully saturated rings. The zero-order valence-corrected chi connectivity index (χ0v) is 16.9. The van der Waals surface area contributed by atoms with Crippen molar-refractivity contribution in [2.24, 2.45) is 0 Å². The SMILES string of the molecule is CCc1ccc(NS(=O)(=O)c2cc(-c3[nH]ncc3C(=O)N(C)C)oc2C)cc1. The van der Waals surface area contributed by atoms with Crippen LogP contribution in [0.2, 0.25) is 0 Å². The Bertz CT molecular complexity index is 1100. The quantitative estimate of drug-likeness (QED) is 0.659. The third-order valence-corrected chi connectivity index (χ3v) is 5.79. The van der Waals surface area contributed by atoms with E-state index in [2.05, 4.69) is 14.9 Å². The molecule has 0 atom stereocenters. The summed E-state index contributed by atoms with van der Waals surface area (Å²) in [6.07, 6.45) is 2.26. The number of aromatic amines is 1. The molecule has 148 valence electrons. The van der Waals surface area contributed by atoms with Crippen LogP contribution in [0, 0.1) is 6.92 Å². The molecule has 2 aromatic heterocycles. The molecule has 3 rings (SSSR count). The molecule has 2 N–H and O–H groups in total. The number of carbonyl (C=O) groups excluding carboxylic acids is 1. The summed E-state index contributed by atoms with van der Waals surface area (Å²) in [4.78, 5) is 13.7. The van der Waals surface area contributed by atoms with Gasteiger partial charge >= 0.3 is 0 Å². The van der Waals surface area contributed by atoms with Gasteiger partial charge in [-0.2, -0.15) is 5.10 Å². The number of H-pyrrole nitrogens is 1. The number of hydrogen-bond donors (Lipinski definition) is 2. The third-order valence-electron chi connectivity index (χ3n) is 4.30. The van der Waals surface area contributed by atoms with E-state index in [4.69, 9.17) is 4.42 Å². The lowest BCUT2D eigenvalue weighted by Crippen LogP contribution is -2.21. The lowest BCUT2D eigenvalue weighted by Gasteiger charge is -2.09. The lowest BCUT2D eigenvalue weighted by atomic mass is 10.2. The van der Waals surface area contributed by atoms with Crippen LogP contribution in [0.4, 0.5) is 5.69 Å². The predicted molar refractivity (Wildman–Crippen MR) is 106 cm³/mol. The van der Waals surface area contributed by atoms with Gasteiger partial charge in [0.1, 0.15) is 16.3 Å². The van der Waals surface area contributed by atoms with Crippen molar-refractivity contribution in [1.29, 1.82) is 0 Å². The number of hydrogen-bond acceptors (Lipinski definition) is 5. The first-order chi connectivity index (χ1) is 13.2. The first kappa shape index (κ1) is 19.7. The maximum absolute atomic E-state index is 12.8. The number of sulfonamides is 1. The van der Waals surface area contributed by atoms with E-state index in [1.807, 2.05) is 19.1 Å². The van der Waals surface area contributed by atoms with Crippen LogP contribution in [0.25, 0.3) is 11.5 Å². The molecule has 2 heterocycles. The van der Waals surface area contributed by atoms with Crippen molar-refractivity contribution in [3.05, 3.63) is 53.4 Å². The van der Waals surface area contributed by atoms with Crippen LogP contribution in [-0.2, 0) is 16.4 Å². The van der Waals surface area contributed by atoms with Crippen LogP contribution in [0.5, 0.6) is 0 Å². The lowest BCUT2D eigenvalue weighted by molar-refractivity contribution is 0.0828. The highest BCUT2D eigenvalue weighted by molar-refractivity contribution is 7.92. The van der Waals surface area contributed by atoms with E-state index in [1.54, 1.807) is 33.2 Å². The first-order valence-electron chi connectivity index (χ1n) is 8.70. The van der Waals surface area contributed by atoms with Crippen molar-refractivity contribution < 1.29 is 17.6 Å². The highest BCUT2D eigenvalue weighted by Crippen LogP contribution is 2.30. The summed E-state index contributed by atoms with van der Waals surface area (Å²) >= 11 is 0. The van der Waals surface area contributed by atoms with Crippen LogP contribution >= 0.6 is 0 Å². The van der Waals surface area contributed by atoms with Gasteiger partial charge < -0.3 is 9.32 Å². The molecule has 9 heteroatoms. The van der Waals surface area contributed by atoms with Crippen molar-refractivity contribution in [2.75, 3.05) is 18.8 Å². The number of aromatic nitrogens is 2. The summed E-state index contributed by atoms with van der Waals surface area (Å²) in [6, 6.07) is 8.56. The number of nitrogens with zero attached hydrogens (tertiary/aromatic N) is 2. The zero-order chi connectivity index (χ0) is 20.5. The topological polar surface area (TPSA) is 108 Å². The first-order valence-corrected chi connectivity index (χ1v) is 10.2. The van der Waals surface area contributed by atoms with Crippen molar-refractivity contribution in [2.45, 2.75) is 25.2 Å². The second kappa shape index (κ2) is 7.51. The average molecular weight is 402 g/mol. The van der Waals surface area contributed by atoms with Gasteiger partial charge in [0, 0.05) is 25.8 Å². The zero-order valence-electron chi connectivity index (χ0n) is 16.1. The number of furan rings is 1. The van der Waals surface area contributed by atoms with Crippen LogP contribution < -0.4 is 4.72 Å². The molecule has 0 spiro atoms. The van der Waals surface area contributed by atoms with Crippen LogP contribution in [0.1, 0.15) is 28.6 Å². The van der Waals surface area contributed by atoms with E-state index in [-0.39, 0.29) is 22.3 Å². The van der Waals surface area contributed by atoms with Crippen LogP contribution in [-0.4, -0.2) is 43.5 Å². The molecule has 28 heavy (non-hydrogen) atoms. The molecular formula is C19H22N4O4S.